The smallest absolute Gasteiger partial charge is 0.416 e. The zero-order chi connectivity index (χ0) is 20.0. The molecule has 0 unspecified atom stereocenters. The summed E-state index contributed by atoms with van der Waals surface area (Å²) in [5, 5.41) is 0. The van der Waals surface area contributed by atoms with Crippen LogP contribution in [0, 0.1) is 5.92 Å². The fourth-order valence-corrected chi connectivity index (χ4v) is 2.73. The van der Waals surface area contributed by atoms with Crippen LogP contribution in [0.25, 0.3) is 0 Å². The number of rotatable bonds is 7. The van der Waals surface area contributed by atoms with Crippen molar-refractivity contribution in [2.45, 2.75) is 39.0 Å². The second-order valence-electron chi connectivity index (χ2n) is 6.63. The molecule has 6 heteroatoms. The third-order valence-corrected chi connectivity index (χ3v) is 4.09. The van der Waals surface area contributed by atoms with Gasteiger partial charge >= 0.3 is 12.1 Å². The monoisotopic (exact) mass is 380 g/mol. The molecule has 0 saturated carbocycles. The second-order valence-corrected chi connectivity index (χ2v) is 6.63. The van der Waals surface area contributed by atoms with E-state index in [1.165, 1.54) is 12.1 Å². The van der Waals surface area contributed by atoms with Gasteiger partial charge in [0.05, 0.1) is 24.7 Å². The van der Waals surface area contributed by atoms with E-state index >= 15 is 0 Å². The van der Waals surface area contributed by atoms with Gasteiger partial charge in [0, 0.05) is 0 Å². The minimum atomic E-state index is -4.38. The summed E-state index contributed by atoms with van der Waals surface area (Å²) in [5.41, 5.74) is 0.873. The molecule has 0 aliphatic rings. The van der Waals surface area contributed by atoms with E-state index in [0.717, 1.165) is 17.7 Å². The first-order chi connectivity index (χ1) is 12.7. The highest BCUT2D eigenvalue weighted by molar-refractivity contribution is 5.73. The Hall–Kier alpha value is -2.50. The van der Waals surface area contributed by atoms with Crippen LogP contribution in [0.3, 0.4) is 0 Å². The summed E-state index contributed by atoms with van der Waals surface area (Å²) in [4.78, 5) is 12.5. The van der Waals surface area contributed by atoms with Crippen molar-refractivity contribution >= 4 is 5.97 Å². The zero-order valence-electron chi connectivity index (χ0n) is 15.5. The molecule has 0 heterocycles. The Morgan fingerprint density at radius 2 is 1.41 bits per heavy atom. The molecule has 1 atom stereocenters. The lowest BCUT2D eigenvalue weighted by molar-refractivity contribution is -0.152. The summed E-state index contributed by atoms with van der Waals surface area (Å²) in [6, 6.07) is 12.2. The summed E-state index contributed by atoms with van der Waals surface area (Å²) in [6.07, 6.45) is -3.91. The van der Waals surface area contributed by atoms with Gasteiger partial charge < -0.3 is 9.47 Å². The standard InChI is InChI=1S/C21H23F3O3/c1-14(2)27-20(25)17(13-16-6-10-19(26-3)11-7-16)12-15-4-8-18(9-5-15)21(22,23)24/h4-11,14,17H,12-13H2,1-3H3/t17-/m1/s1. The summed E-state index contributed by atoms with van der Waals surface area (Å²) in [7, 11) is 1.57. The van der Waals surface area contributed by atoms with Crippen molar-refractivity contribution in [3.8, 4) is 5.75 Å². The number of hydrogen-bond acceptors (Lipinski definition) is 3. The molecule has 0 saturated heterocycles. The molecule has 2 aromatic carbocycles. The number of ether oxygens (including phenoxy) is 2. The molecule has 0 amide bonds. The quantitative estimate of drug-likeness (QED) is 0.630. The maximum absolute atomic E-state index is 12.7. The Bertz CT molecular complexity index is 735. The minimum absolute atomic E-state index is 0.261. The van der Waals surface area contributed by atoms with Crippen LogP contribution < -0.4 is 4.74 Å². The van der Waals surface area contributed by atoms with E-state index in [9.17, 15) is 18.0 Å². The molecule has 0 aliphatic heterocycles. The molecule has 27 heavy (non-hydrogen) atoms. The molecular weight excluding hydrogens is 357 g/mol. The van der Waals surface area contributed by atoms with Gasteiger partial charge in [-0.3, -0.25) is 4.79 Å². The molecule has 2 rings (SSSR count). The Kier molecular flexibility index (Phi) is 6.88. The lowest BCUT2D eigenvalue weighted by atomic mass is 9.92. The van der Waals surface area contributed by atoms with Crippen LogP contribution in [0.1, 0.15) is 30.5 Å². The van der Waals surface area contributed by atoms with Crippen molar-refractivity contribution in [1.82, 2.24) is 0 Å². The van der Waals surface area contributed by atoms with E-state index in [4.69, 9.17) is 9.47 Å². The number of halogens is 3. The summed E-state index contributed by atoms with van der Waals surface area (Å²) < 4.78 is 48.6. The first kappa shape index (κ1) is 20.8. The molecule has 0 fully saturated rings. The summed E-state index contributed by atoms with van der Waals surface area (Å²) in [6.45, 7) is 3.53. The molecule has 2 aromatic rings. The van der Waals surface area contributed by atoms with Gasteiger partial charge in [-0.25, -0.2) is 0 Å². The van der Waals surface area contributed by atoms with E-state index in [1.807, 2.05) is 12.1 Å². The number of benzene rings is 2. The highest BCUT2D eigenvalue weighted by Gasteiger charge is 2.30. The summed E-state index contributed by atoms with van der Waals surface area (Å²) in [5.74, 6) is -0.138. The highest BCUT2D eigenvalue weighted by Crippen LogP contribution is 2.29. The topological polar surface area (TPSA) is 35.5 Å². The van der Waals surface area contributed by atoms with E-state index in [0.29, 0.717) is 24.2 Å². The van der Waals surface area contributed by atoms with Gasteiger partial charge in [0.1, 0.15) is 5.75 Å². The van der Waals surface area contributed by atoms with Crippen molar-refractivity contribution in [2.24, 2.45) is 5.92 Å². The average Bonchev–Trinajstić information content (AvgIpc) is 2.61. The van der Waals surface area contributed by atoms with Crippen molar-refractivity contribution in [2.75, 3.05) is 7.11 Å². The van der Waals surface area contributed by atoms with E-state index < -0.39 is 17.7 Å². The first-order valence-electron chi connectivity index (χ1n) is 8.68. The van der Waals surface area contributed by atoms with Gasteiger partial charge in [0.25, 0.3) is 0 Å². The molecule has 0 radical (unpaired) electrons. The average molecular weight is 380 g/mol. The number of alkyl halides is 3. The lowest BCUT2D eigenvalue weighted by Crippen LogP contribution is -2.25. The number of hydrogen-bond donors (Lipinski definition) is 0. The van der Waals surface area contributed by atoms with Crippen molar-refractivity contribution in [3.63, 3.8) is 0 Å². The molecule has 0 N–H and O–H groups in total. The van der Waals surface area contributed by atoms with Crippen LogP contribution in [-0.4, -0.2) is 19.2 Å². The van der Waals surface area contributed by atoms with Gasteiger partial charge in [-0.05, 0) is 62.1 Å². The van der Waals surface area contributed by atoms with Gasteiger partial charge in [-0.15, -0.1) is 0 Å². The maximum Gasteiger partial charge on any atom is 0.416 e. The SMILES string of the molecule is COc1ccc(C[C@@H](Cc2ccc(C(F)(F)F)cc2)C(=O)OC(C)C)cc1. The van der Waals surface area contributed by atoms with Gasteiger partial charge in [-0.2, -0.15) is 13.2 Å². The van der Waals surface area contributed by atoms with Crippen LogP contribution in [0.5, 0.6) is 5.75 Å². The third kappa shape index (κ3) is 6.31. The molecule has 146 valence electrons. The van der Waals surface area contributed by atoms with E-state index in [1.54, 1.807) is 33.1 Å². The maximum atomic E-state index is 12.7. The van der Waals surface area contributed by atoms with Crippen LogP contribution in [0.4, 0.5) is 13.2 Å². The van der Waals surface area contributed by atoms with E-state index in [-0.39, 0.29) is 12.1 Å². The molecule has 0 aromatic heterocycles. The summed E-state index contributed by atoms with van der Waals surface area (Å²) >= 11 is 0. The van der Waals surface area contributed by atoms with Crippen LogP contribution in [0.2, 0.25) is 0 Å². The normalized spacial score (nSPS) is 12.7. The highest BCUT2D eigenvalue weighted by atomic mass is 19.4. The van der Waals surface area contributed by atoms with Crippen molar-refractivity contribution < 1.29 is 27.4 Å². The van der Waals surface area contributed by atoms with E-state index in [2.05, 4.69) is 0 Å². The minimum Gasteiger partial charge on any atom is -0.497 e. The predicted octanol–water partition coefficient (Wildman–Crippen LogP) is 5.07. The van der Waals surface area contributed by atoms with Crippen LogP contribution in [-0.2, 0) is 28.5 Å². The Morgan fingerprint density at radius 3 is 1.81 bits per heavy atom. The largest absolute Gasteiger partial charge is 0.497 e. The fourth-order valence-electron chi connectivity index (χ4n) is 2.73. The van der Waals surface area contributed by atoms with Crippen LogP contribution in [0.15, 0.2) is 48.5 Å². The van der Waals surface area contributed by atoms with Crippen molar-refractivity contribution in [1.29, 1.82) is 0 Å². The first-order valence-corrected chi connectivity index (χ1v) is 8.68. The zero-order valence-corrected chi connectivity index (χ0v) is 15.5. The van der Waals surface area contributed by atoms with Crippen molar-refractivity contribution in [3.05, 3.63) is 65.2 Å². The predicted molar refractivity (Wildman–Crippen MR) is 96.6 cm³/mol. The number of carbonyl (C=O) groups is 1. The lowest BCUT2D eigenvalue weighted by Gasteiger charge is -2.18. The Labute approximate surface area is 157 Å². The molecule has 0 spiro atoms. The second kappa shape index (κ2) is 8.93. The van der Waals surface area contributed by atoms with Gasteiger partial charge in [-0.1, -0.05) is 24.3 Å². The number of methoxy groups -OCH3 is 1. The molecule has 0 bridgehead atoms. The molecule has 3 nitrogen and oxygen atoms in total. The number of carbonyl (C=O) groups excluding carboxylic acids is 1. The van der Waals surface area contributed by atoms with Gasteiger partial charge in [0.15, 0.2) is 0 Å². The molecule has 0 aliphatic carbocycles. The Balaban J connectivity index is 2.17. The Morgan fingerprint density at radius 1 is 0.926 bits per heavy atom. The molecular formula is C21H23F3O3. The van der Waals surface area contributed by atoms with Gasteiger partial charge in [0.2, 0.25) is 0 Å². The number of esters is 1. The third-order valence-electron chi connectivity index (χ3n) is 4.09. The fraction of sp³-hybridized carbons (Fsp3) is 0.381. The van der Waals surface area contributed by atoms with Crippen LogP contribution >= 0.6 is 0 Å².